The first-order chi connectivity index (χ1) is 8.83. The highest BCUT2D eigenvalue weighted by Crippen LogP contribution is 2.21. The molecular formula is C11H19NO6S. The first-order valence-electron chi connectivity index (χ1n) is 5.75. The van der Waals surface area contributed by atoms with Gasteiger partial charge in [-0.3, -0.25) is 4.79 Å². The van der Waals surface area contributed by atoms with Crippen LogP contribution in [0.5, 0.6) is 0 Å². The highest BCUT2D eigenvalue weighted by atomic mass is 32.1. The van der Waals surface area contributed by atoms with Gasteiger partial charge in [0.15, 0.2) is 6.61 Å². The molecule has 0 atom stereocenters. The van der Waals surface area contributed by atoms with E-state index >= 15 is 0 Å². The van der Waals surface area contributed by atoms with E-state index in [2.05, 4.69) is 22.4 Å². The molecule has 0 fully saturated rings. The number of carbonyl (C=O) groups excluding carboxylic acids is 3. The molecule has 1 N–H and O–H groups in total. The van der Waals surface area contributed by atoms with Gasteiger partial charge in [-0.2, -0.15) is 0 Å². The van der Waals surface area contributed by atoms with Crippen molar-refractivity contribution < 1.29 is 28.0 Å². The minimum absolute atomic E-state index is 0.0452. The lowest BCUT2D eigenvalue weighted by atomic mass is 9.91. The molecule has 0 saturated heterocycles. The minimum atomic E-state index is -0.740. The van der Waals surface area contributed by atoms with Crippen LogP contribution < -0.4 is 5.32 Å². The summed E-state index contributed by atoms with van der Waals surface area (Å²) in [5.74, 6) is -1.13. The molecule has 0 saturated carbocycles. The van der Waals surface area contributed by atoms with E-state index < -0.39 is 30.1 Å². The molecule has 0 aromatic carbocycles. The van der Waals surface area contributed by atoms with Crippen LogP contribution in [-0.2, 0) is 23.2 Å². The van der Waals surface area contributed by atoms with E-state index in [4.69, 9.17) is 9.47 Å². The molecule has 0 bridgehead atoms. The molecule has 8 heteroatoms. The van der Waals surface area contributed by atoms with Crippen molar-refractivity contribution in [2.75, 3.05) is 19.8 Å². The summed E-state index contributed by atoms with van der Waals surface area (Å²) in [6.45, 7) is 4.91. The molecule has 0 aliphatic rings. The van der Waals surface area contributed by atoms with Crippen LogP contribution in [0.2, 0.25) is 0 Å². The maximum atomic E-state index is 11.5. The first-order valence-corrected chi connectivity index (χ1v) is 6.12. The monoisotopic (exact) mass is 293 g/mol. The molecule has 0 aromatic rings. The van der Waals surface area contributed by atoms with Crippen molar-refractivity contribution in [1.82, 2.24) is 5.32 Å². The minimum Gasteiger partial charge on any atom is -0.461 e. The van der Waals surface area contributed by atoms with Crippen molar-refractivity contribution in [2.24, 2.45) is 5.41 Å². The van der Waals surface area contributed by atoms with E-state index in [-0.39, 0.29) is 13.2 Å². The summed E-state index contributed by atoms with van der Waals surface area (Å²) in [6, 6.07) is 0. The fraction of sp³-hybridized carbons (Fsp3) is 0.727. The normalized spacial score (nSPS) is 10.5. The Hall–Kier alpha value is -1.44. The molecule has 110 valence electrons. The molecule has 0 aromatic heterocycles. The van der Waals surface area contributed by atoms with E-state index in [0.717, 1.165) is 0 Å². The Morgan fingerprint density at radius 1 is 1.21 bits per heavy atom. The van der Waals surface area contributed by atoms with Crippen LogP contribution in [0, 0.1) is 5.41 Å². The lowest BCUT2D eigenvalue weighted by Crippen LogP contribution is -2.30. The molecule has 0 spiro atoms. The molecular weight excluding hydrogens is 274 g/mol. The molecule has 1 amide bonds. The van der Waals surface area contributed by atoms with Gasteiger partial charge in [0.25, 0.3) is 0 Å². The number of rotatable bonds is 7. The van der Waals surface area contributed by atoms with E-state index in [1.165, 1.54) is 0 Å². The van der Waals surface area contributed by atoms with E-state index in [1.54, 1.807) is 13.8 Å². The molecule has 0 aliphatic carbocycles. The number of nitrogens with one attached hydrogen (secondary N) is 1. The van der Waals surface area contributed by atoms with Gasteiger partial charge < -0.3 is 19.0 Å². The van der Waals surface area contributed by atoms with Crippen molar-refractivity contribution in [3.8, 4) is 0 Å². The summed E-state index contributed by atoms with van der Waals surface area (Å²) >= 11 is 3.27. The van der Waals surface area contributed by atoms with Gasteiger partial charge in [0.05, 0.1) is 12.0 Å². The van der Waals surface area contributed by atoms with Crippen LogP contribution in [0.4, 0.5) is 4.79 Å². The Kier molecular flexibility index (Phi) is 7.97. The summed E-state index contributed by atoms with van der Waals surface area (Å²) in [4.78, 5) is 33.4. The summed E-state index contributed by atoms with van der Waals surface area (Å²) in [5, 5.41) is 2.26. The van der Waals surface area contributed by atoms with Gasteiger partial charge in [0.1, 0.15) is 6.61 Å². The predicted molar refractivity (Wildman–Crippen MR) is 69.5 cm³/mol. The summed E-state index contributed by atoms with van der Waals surface area (Å²) in [6.07, 6.45) is -0.132. The van der Waals surface area contributed by atoms with E-state index in [0.29, 0.717) is 6.42 Å². The van der Waals surface area contributed by atoms with Gasteiger partial charge in [-0.05, 0) is 20.3 Å². The number of ether oxygens (including phenoxy) is 2. The van der Waals surface area contributed by atoms with Crippen molar-refractivity contribution in [3.05, 3.63) is 0 Å². The Morgan fingerprint density at radius 2 is 1.84 bits per heavy atom. The molecule has 0 heterocycles. The molecule has 0 unspecified atom stereocenters. The first kappa shape index (κ1) is 17.6. The fourth-order valence-electron chi connectivity index (χ4n) is 0.856. The standard InChI is InChI=1S/C11H19NO6S/c1-4-11(2,3)9(14)17-7-8(13)16-6-5-12-10(15)18-19/h19H,4-7H2,1-3H3,(H,12,15). The van der Waals surface area contributed by atoms with Crippen LogP contribution in [0.15, 0.2) is 0 Å². The Morgan fingerprint density at radius 3 is 2.37 bits per heavy atom. The van der Waals surface area contributed by atoms with Crippen molar-refractivity contribution in [1.29, 1.82) is 0 Å². The predicted octanol–water partition coefficient (Wildman–Crippen LogP) is 1.08. The molecule has 19 heavy (non-hydrogen) atoms. The number of esters is 2. The maximum Gasteiger partial charge on any atom is 0.419 e. The van der Waals surface area contributed by atoms with Gasteiger partial charge in [0.2, 0.25) is 0 Å². The quantitative estimate of drug-likeness (QED) is 0.240. The lowest BCUT2D eigenvalue weighted by Gasteiger charge is -2.19. The largest absolute Gasteiger partial charge is 0.461 e. The number of hydrogen-bond donors (Lipinski definition) is 2. The topological polar surface area (TPSA) is 90.9 Å². The Labute approximate surface area is 117 Å². The second-order valence-electron chi connectivity index (χ2n) is 4.34. The van der Waals surface area contributed by atoms with E-state index in [9.17, 15) is 14.4 Å². The molecule has 0 rings (SSSR count). The third-order valence-corrected chi connectivity index (χ3v) is 2.64. The zero-order chi connectivity index (χ0) is 14.9. The molecule has 0 aliphatic heterocycles. The Balaban J connectivity index is 3.77. The van der Waals surface area contributed by atoms with Crippen LogP contribution in [0.3, 0.4) is 0 Å². The highest BCUT2D eigenvalue weighted by Gasteiger charge is 2.27. The van der Waals surface area contributed by atoms with Gasteiger partial charge in [0, 0.05) is 12.9 Å². The van der Waals surface area contributed by atoms with Crippen molar-refractivity contribution in [3.63, 3.8) is 0 Å². The van der Waals surface area contributed by atoms with Crippen LogP contribution in [-0.4, -0.2) is 37.8 Å². The average molecular weight is 293 g/mol. The summed E-state index contributed by atoms with van der Waals surface area (Å²) in [7, 11) is 0. The van der Waals surface area contributed by atoms with Gasteiger partial charge in [-0.15, -0.1) is 0 Å². The summed E-state index contributed by atoms with van der Waals surface area (Å²) < 4.78 is 13.6. The van der Waals surface area contributed by atoms with Gasteiger partial charge in [-0.25, -0.2) is 9.59 Å². The SMILES string of the molecule is CCC(C)(C)C(=O)OCC(=O)OCCNC(=O)OS. The lowest BCUT2D eigenvalue weighted by molar-refractivity contribution is -0.164. The number of carbonyl (C=O) groups is 3. The highest BCUT2D eigenvalue weighted by molar-refractivity contribution is 7.75. The molecule has 0 radical (unpaired) electrons. The van der Waals surface area contributed by atoms with Gasteiger partial charge in [-0.1, -0.05) is 6.92 Å². The maximum absolute atomic E-state index is 11.5. The third-order valence-electron chi connectivity index (χ3n) is 2.47. The van der Waals surface area contributed by atoms with Crippen LogP contribution >= 0.6 is 12.9 Å². The molecule has 7 nitrogen and oxygen atoms in total. The number of hydrogen-bond acceptors (Lipinski definition) is 7. The Bertz CT molecular complexity index is 331. The van der Waals surface area contributed by atoms with Crippen molar-refractivity contribution >= 4 is 30.9 Å². The van der Waals surface area contributed by atoms with Crippen LogP contribution in [0.1, 0.15) is 27.2 Å². The van der Waals surface area contributed by atoms with Gasteiger partial charge >= 0.3 is 18.0 Å². The van der Waals surface area contributed by atoms with Crippen LogP contribution in [0.25, 0.3) is 0 Å². The number of thiol groups is 1. The zero-order valence-corrected chi connectivity index (χ0v) is 12.1. The average Bonchev–Trinajstić information content (AvgIpc) is 2.40. The smallest absolute Gasteiger partial charge is 0.419 e. The second kappa shape index (κ2) is 8.63. The second-order valence-corrected chi connectivity index (χ2v) is 4.52. The van der Waals surface area contributed by atoms with Crippen molar-refractivity contribution in [2.45, 2.75) is 27.2 Å². The summed E-state index contributed by atoms with van der Waals surface area (Å²) in [5.41, 5.74) is -0.627. The zero-order valence-electron chi connectivity index (χ0n) is 11.2. The van der Waals surface area contributed by atoms with E-state index in [1.807, 2.05) is 6.92 Å². The third kappa shape index (κ3) is 7.55. The fourth-order valence-corrected chi connectivity index (χ4v) is 0.921. The number of amides is 1.